The van der Waals surface area contributed by atoms with Crippen LogP contribution >= 0.6 is 0 Å². The fraction of sp³-hybridized carbons (Fsp3) is 0.310. The Bertz CT molecular complexity index is 1390. The van der Waals surface area contributed by atoms with E-state index in [0.29, 0.717) is 6.54 Å². The van der Waals surface area contributed by atoms with Crippen molar-refractivity contribution in [2.75, 3.05) is 17.4 Å². The summed E-state index contributed by atoms with van der Waals surface area (Å²) in [4.78, 5) is 27.8. The molecule has 7 nitrogen and oxygen atoms in total. The number of nitrogens with one attached hydrogen (secondary N) is 1. The van der Waals surface area contributed by atoms with E-state index in [1.54, 1.807) is 18.2 Å². The van der Waals surface area contributed by atoms with E-state index < -0.39 is 46.1 Å². The number of benzene rings is 3. The molecule has 2 amide bonds. The maximum atomic E-state index is 14.6. The van der Waals surface area contributed by atoms with Crippen LogP contribution in [0, 0.1) is 24.5 Å². The van der Waals surface area contributed by atoms with Crippen molar-refractivity contribution in [2.45, 2.75) is 45.2 Å². The summed E-state index contributed by atoms with van der Waals surface area (Å²) in [6, 6.07) is 15.6. The molecule has 0 saturated heterocycles. The molecule has 1 atom stereocenters. The second-order valence-corrected chi connectivity index (χ2v) is 11.6. The topological polar surface area (TPSA) is 86.8 Å². The lowest BCUT2D eigenvalue weighted by Gasteiger charge is -2.32. The number of hydrogen-bond acceptors (Lipinski definition) is 4. The SMILES string of the molecule is Cc1ccc(S(=O)(=O)N(CC(=O)N(Cc2ccccc2F)C(C)C(=O)NCC(C)C)c2ccc(F)cc2)cc1. The molecule has 0 aliphatic carbocycles. The molecule has 0 aliphatic rings. The van der Waals surface area contributed by atoms with Gasteiger partial charge in [0.1, 0.15) is 24.2 Å². The van der Waals surface area contributed by atoms with Gasteiger partial charge < -0.3 is 10.2 Å². The van der Waals surface area contributed by atoms with Gasteiger partial charge in [0.2, 0.25) is 11.8 Å². The number of rotatable bonds is 11. The summed E-state index contributed by atoms with van der Waals surface area (Å²) in [6.07, 6.45) is 0. The van der Waals surface area contributed by atoms with E-state index in [-0.39, 0.29) is 28.6 Å². The lowest BCUT2D eigenvalue weighted by molar-refractivity contribution is -0.139. The third-order valence-electron chi connectivity index (χ3n) is 6.15. The molecular formula is C29H33F2N3O4S. The maximum Gasteiger partial charge on any atom is 0.264 e. The third kappa shape index (κ3) is 7.63. The molecule has 3 rings (SSSR count). The van der Waals surface area contributed by atoms with Crippen LogP contribution in [-0.2, 0) is 26.2 Å². The van der Waals surface area contributed by atoms with Crippen LogP contribution in [0.25, 0.3) is 0 Å². The van der Waals surface area contributed by atoms with Crippen LogP contribution < -0.4 is 9.62 Å². The highest BCUT2D eigenvalue weighted by Gasteiger charge is 2.33. The minimum absolute atomic E-state index is 0.0615. The zero-order chi connectivity index (χ0) is 28.7. The second-order valence-electron chi connectivity index (χ2n) is 9.73. The van der Waals surface area contributed by atoms with E-state index in [1.807, 2.05) is 20.8 Å². The molecule has 0 aliphatic heterocycles. The second kappa shape index (κ2) is 12.8. The number of aryl methyl sites for hydroxylation is 1. The summed E-state index contributed by atoms with van der Waals surface area (Å²) in [5, 5.41) is 2.77. The Labute approximate surface area is 228 Å². The zero-order valence-electron chi connectivity index (χ0n) is 22.4. The Balaban J connectivity index is 2.01. The van der Waals surface area contributed by atoms with E-state index in [1.165, 1.54) is 49.4 Å². The first-order valence-corrected chi connectivity index (χ1v) is 14.0. The van der Waals surface area contributed by atoms with Gasteiger partial charge in [-0.15, -0.1) is 0 Å². The first-order chi connectivity index (χ1) is 18.4. The Kier molecular flexibility index (Phi) is 9.80. The van der Waals surface area contributed by atoms with Crippen molar-refractivity contribution in [3.8, 4) is 0 Å². The van der Waals surface area contributed by atoms with E-state index in [0.717, 1.165) is 26.9 Å². The zero-order valence-corrected chi connectivity index (χ0v) is 23.2. The van der Waals surface area contributed by atoms with Crippen LogP contribution in [0.15, 0.2) is 77.7 Å². The van der Waals surface area contributed by atoms with E-state index in [2.05, 4.69) is 5.32 Å². The molecule has 0 fully saturated rings. The minimum Gasteiger partial charge on any atom is -0.354 e. The highest BCUT2D eigenvalue weighted by atomic mass is 32.2. The van der Waals surface area contributed by atoms with Gasteiger partial charge in [0.05, 0.1) is 10.6 Å². The molecule has 3 aromatic carbocycles. The van der Waals surface area contributed by atoms with Gasteiger partial charge >= 0.3 is 0 Å². The van der Waals surface area contributed by atoms with E-state index >= 15 is 0 Å². The molecule has 10 heteroatoms. The van der Waals surface area contributed by atoms with Crippen LogP contribution in [0.3, 0.4) is 0 Å². The smallest absolute Gasteiger partial charge is 0.264 e. The molecule has 0 aromatic heterocycles. The van der Waals surface area contributed by atoms with Crippen molar-refractivity contribution in [3.63, 3.8) is 0 Å². The highest BCUT2D eigenvalue weighted by molar-refractivity contribution is 7.92. The largest absolute Gasteiger partial charge is 0.354 e. The number of carbonyl (C=O) groups excluding carboxylic acids is 2. The van der Waals surface area contributed by atoms with Crippen molar-refractivity contribution in [1.82, 2.24) is 10.2 Å². The van der Waals surface area contributed by atoms with Crippen LogP contribution in [-0.4, -0.2) is 44.3 Å². The Hall–Kier alpha value is -3.79. The first-order valence-electron chi connectivity index (χ1n) is 12.6. The Morgan fingerprint density at radius 2 is 1.51 bits per heavy atom. The van der Waals surface area contributed by atoms with Crippen LogP contribution in [0.1, 0.15) is 31.9 Å². The average molecular weight is 558 g/mol. The summed E-state index contributed by atoms with van der Waals surface area (Å²) in [7, 11) is -4.27. The first kappa shape index (κ1) is 29.8. The summed E-state index contributed by atoms with van der Waals surface area (Å²) < 4.78 is 56.5. The number of anilines is 1. The van der Waals surface area contributed by atoms with Crippen molar-refractivity contribution in [1.29, 1.82) is 0 Å². The minimum atomic E-state index is -4.27. The number of halogens is 2. The van der Waals surface area contributed by atoms with Gasteiger partial charge in [-0.2, -0.15) is 0 Å². The molecule has 0 heterocycles. The summed E-state index contributed by atoms with van der Waals surface area (Å²) in [6.45, 7) is 6.57. The van der Waals surface area contributed by atoms with Gasteiger partial charge in [0, 0.05) is 18.7 Å². The van der Waals surface area contributed by atoms with Gasteiger partial charge in [-0.05, 0) is 62.2 Å². The molecule has 1 unspecified atom stereocenters. The van der Waals surface area contributed by atoms with Crippen molar-refractivity contribution in [2.24, 2.45) is 5.92 Å². The van der Waals surface area contributed by atoms with Crippen molar-refractivity contribution in [3.05, 3.63) is 95.6 Å². The van der Waals surface area contributed by atoms with E-state index in [4.69, 9.17) is 0 Å². The van der Waals surface area contributed by atoms with Crippen LogP contribution in [0.2, 0.25) is 0 Å². The maximum absolute atomic E-state index is 14.6. The van der Waals surface area contributed by atoms with Gasteiger partial charge in [-0.1, -0.05) is 49.7 Å². The lowest BCUT2D eigenvalue weighted by Crippen LogP contribution is -2.51. The third-order valence-corrected chi connectivity index (χ3v) is 7.94. The molecule has 0 saturated carbocycles. The molecule has 208 valence electrons. The number of carbonyl (C=O) groups is 2. The molecule has 0 spiro atoms. The monoisotopic (exact) mass is 557 g/mol. The molecule has 0 bridgehead atoms. The average Bonchev–Trinajstić information content (AvgIpc) is 2.90. The standard InChI is InChI=1S/C29H33F2N3O4S/c1-20(2)17-32-29(36)22(4)33(18-23-7-5-6-8-27(23)31)28(35)19-34(25-13-11-24(30)12-14-25)39(37,38)26-15-9-21(3)10-16-26/h5-16,20,22H,17-19H2,1-4H3,(H,32,36). The van der Waals surface area contributed by atoms with E-state index in [9.17, 15) is 26.8 Å². The molecule has 1 N–H and O–H groups in total. The Morgan fingerprint density at radius 3 is 2.10 bits per heavy atom. The number of hydrogen-bond donors (Lipinski definition) is 1. The van der Waals surface area contributed by atoms with Crippen molar-refractivity contribution < 1.29 is 26.8 Å². The highest BCUT2D eigenvalue weighted by Crippen LogP contribution is 2.25. The number of sulfonamides is 1. The Morgan fingerprint density at radius 1 is 0.897 bits per heavy atom. The fourth-order valence-corrected chi connectivity index (χ4v) is 5.23. The summed E-state index contributed by atoms with van der Waals surface area (Å²) >= 11 is 0. The van der Waals surface area contributed by atoms with Gasteiger partial charge in [-0.25, -0.2) is 17.2 Å². The quantitative estimate of drug-likeness (QED) is 0.372. The molecule has 39 heavy (non-hydrogen) atoms. The molecular weight excluding hydrogens is 524 g/mol. The van der Waals surface area contributed by atoms with Crippen LogP contribution in [0.4, 0.5) is 14.5 Å². The summed E-state index contributed by atoms with van der Waals surface area (Å²) in [5.41, 5.74) is 1.08. The predicted octanol–water partition coefficient (Wildman–Crippen LogP) is 4.66. The lowest BCUT2D eigenvalue weighted by atomic mass is 10.1. The number of nitrogens with zero attached hydrogens (tertiary/aromatic N) is 2. The fourth-order valence-electron chi connectivity index (χ4n) is 3.82. The van der Waals surface area contributed by atoms with Crippen LogP contribution in [0.5, 0.6) is 0 Å². The van der Waals surface area contributed by atoms with Gasteiger partial charge in [0.25, 0.3) is 10.0 Å². The predicted molar refractivity (Wildman–Crippen MR) is 146 cm³/mol. The number of amides is 2. The normalized spacial score (nSPS) is 12.2. The summed E-state index contributed by atoms with van der Waals surface area (Å²) in [5.74, 6) is -2.17. The van der Waals surface area contributed by atoms with Crippen molar-refractivity contribution >= 4 is 27.5 Å². The van der Waals surface area contributed by atoms with Gasteiger partial charge in [-0.3, -0.25) is 13.9 Å². The van der Waals surface area contributed by atoms with Gasteiger partial charge in [0.15, 0.2) is 0 Å². The molecule has 0 radical (unpaired) electrons. The molecule has 3 aromatic rings.